The molecular formula is C12H14N2O4. The van der Waals surface area contributed by atoms with Crippen LogP contribution in [0.1, 0.15) is 23.7 Å². The molecule has 0 aromatic heterocycles. The Kier molecular flexibility index (Phi) is 3.04. The molecule has 0 radical (unpaired) electrons. The van der Waals surface area contributed by atoms with Crippen molar-refractivity contribution in [1.29, 1.82) is 0 Å². The number of nitro groups is 1. The maximum absolute atomic E-state index is 12.0. The van der Waals surface area contributed by atoms with E-state index in [-0.39, 0.29) is 11.6 Å². The third kappa shape index (κ3) is 2.19. The second-order valence-electron chi connectivity index (χ2n) is 4.54. The summed E-state index contributed by atoms with van der Waals surface area (Å²) in [7, 11) is 0. The van der Waals surface area contributed by atoms with Crippen molar-refractivity contribution in [2.75, 3.05) is 13.1 Å². The van der Waals surface area contributed by atoms with Gasteiger partial charge in [0.25, 0.3) is 11.6 Å². The van der Waals surface area contributed by atoms with Crippen LogP contribution < -0.4 is 0 Å². The zero-order valence-electron chi connectivity index (χ0n) is 10.00. The number of hydrogen-bond donors (Lipinski definition) is 1. The van der Waals surface area contributed by atoms with Crippen molar-refractivity contribution in [2.45, 2.75) is 18.9 Å². The fourth-order valence-electron chi connectivity index (χ4n) is 1.94. The molecule has 96 valence electrons. The molecule has 0 aliphatic carbocycles. The predicted octanol–water partition coefficient (Wildman–Crippen LogP) is 1.19. The van der Waals surface area contributed by atoms with Crippen LogP contribution in [0.4, 0.5) is 5.69 Å². The molecule has 1 heterocycles. The molecule has 1 saturated heterocycles. The molecule has 18 heavy (non-hydrogen) atoms. The van der Waals surface area contributed by atoms with E-state index in [0.29, 0.717) is 25.1 Å². The normalized spacial score (nSPS) is 17.1. The Morgan fingerprint density at radius 1 is 1.44 bits per heavy atom. The van der Waals surface area contributed by atoms with E-state index in [1.807, 2.05) is 6.92 Å². The van der Waals surface area contributed by atoms with E-state index in [1.54, 1.807) is 0 Å². The molecule has 0 saturated carbocycles. The Labute approximate surface area is 104 Å². The lowest BCUT2D eigenvalue weighted by atomic mass is 9.90. The van der Waals surface area contributed by atoms with Gasteiger partial charge in [0.1, 0.15) is 0 Å². The molecule has 0 atom stereocenters. The largest absolute Gasteiger partial charge is 0.386 e. The summed E-state index contributed by atoms with van der Waals surface area (Å²) < 4.78 is 0. The van der Waals surface area contributed by atoms with Crippen LogP contribution in [0.25, 0.3) is 0 Å². The van der Waals surface area contributed by atoms with Crippen LogP contribution in [0, 0.1) is 10.1 Å². The number of nitro benzene ring substituents is 1. The Bertz CT molecular complexity index is 477. The average Bonchev–Trinajstić information content (AvgIpc) is 2.34. The summed E-state index contributed by atoms with van der Waals surface area (Å²) in [5, 5.41) is 20.3. The molecule has 6 nitrogen and oxygen atoms in total. The van der Waals surface area contributed by atoms with Crippen molar-refractivity contribution in [3.63, 3.8) is 0 Å². The second-order valence-corrected chi connectivity index (χ2v) is 4.54. The zero-order chi connectivity index (χ0) is 13.3. The molecule has 1 aliphatic rings. The molecule has 1 aliphatic heterocycles. The topological polar surface area (TPSA) is 83.7 Å². The van der Waals surface area contributed by atoms with Crippen molar-refractivity contribution in [1.82, 2.24) is 4.90 Å². The van der Waals surface area contributed by atoms with Gasteiger partial charge in [0.15, 0.2) is 0 Å². The summed E-state index contributed by atoms with van der Waals surface area (Å²) in [5.41, 5.74) is -0.407. The van der Waals surface area contributed by atoms with Gasteiger partial charge in [0.2, 0.25) is 0 Å². The Morgan fingerprint density at radius 3 is 2.44 bits per heavy atom. The summed E-state index contributed by atoms with van der Waals surface area (Å²) in [5.74, 6) is -0.206. The van der Waals surface area contributed by atoms with E-state index in [2.05, 4.69) is 0 Å². The molecule has 0 bridgehead atoms. The Hall–Kier alpha value is -1.95. The van der Waals surface area contributed by atoms with Gasteiger partial charge in [-0.2, -0.15) is 0 Å². The highest BCUT2D eigenvalue weighted by atomic mass is 16.6. The predicted molar refractivity (Wildman–Crippen MR) is 64.2 cm³/mol. The van der Waals surface area contributed by atoms with E-state index in [9.17, 15) is 20.0 Å². The zero-order valence-corrected chi connectivity index (χ0v) is 10.00. The number of β-amino-alcohol motifs (C(OH)–C–C–N with tert-alkyl or cyclic N) is 1. The number of hydrogen-bond acceptors (Lipinski definition) is 4. The van der Waals surface area contributed by atoms with Crippen LogP contribution in [0.5, 0.6) is 0 Å². The first-order valence-corrected chi connectivity index (χ1v) is 5.71. The SMILES string of the molecule is CCC1(O)CN(C(=O)c2ccc([N+](=O)[O-])cc2)C1. The highest BCUT2D eigenvalue weighted by molar-refractivity contribution is 5.95. The average molecular weight is 250 g/mol. The summed E-state index contributed by atoms with van der Waals surface area (Å²) in [6.07, 6.45) is 0.608. The van der Waals surface area contributed by atoms with Crippen LogP contribution in [0.3, 0.4) is 0 Å². The summed E-state index contributed by atoms with van der Waals surface area (Å²) in [4.78, 5) is 23.5. The Balaban J connectivity index is 2.05. The highest BCUT2D eigenvalue weighted by Crippen LogP contribution is 2.26. The van der Waals surface area contributed by atoms with Crippen LogP contribution in [0.15, 0.2) is 24.3 Å². The van der Waals surface area contributed by atoms with Gasteiger partial charge >= 0.3 is 0 Å². The first-order chi connectivity index (χ1) is 8.45. The van der Waals surface area contributed by atoms with E-state index >= 15 is 0 Å². The Morgan fingerprint density at radius 2 is 2.00 bits per heavy atom. The van der Waals surface area contributed by atoms with E-state index < -0.39 is 10.5 Å². The van der Waals surface area contributed by atoms with Crippen molar-refractivity contribution in [3.05, 3.63) is 39.9 Å². The monoisotopic (exact) mass is 250 g/mol. The minimum atomic E-state index is -0.767. The van der Waals surface area contributed by atoms with Gasteiger partial charge in [-0.05, 0) is 18.6 Å². The molecule has 6 heteroatoms. The van der Waals surface area contributed by atoms with Crippen LogP contribution >= 0.6 is 0 Å². The van der Waals surface area contributed by atoms with E-state index in [1.165, 1.54) is 29.2 Å². The maximum atomic E-state index is 12.0. The third-order valence-corrected chi connectivity index (χ3v) is 3.24. The first kappa shape index (κ1) is 12.5. The summed E-state index contributed by atoms with van der Waals surface area (Å²) >= 11 is 0. The molecular weight excluding hydrogens is 236 g/mol. The summed E-state index contributed by atoms with van der Waals surface area (Å²) in [6.45, 7) is 2.51. The van der Waals surface area contributed by atoms with Gasteiger partial charge in [0.05, 0.1) is 23.6 Å². The molecule has 1 aromatic carbocycles. The van der Waals surface area contributed by atoms with E-state index in [4.69, 9.17) is 0 Å². The fraction of sp³-hybridized carbons (Fsp3) is 0.417. The van der Waals surface area contributed by atoms with Gasteiger partial charge in [-0.25, -0.2) is 0 Å². The lowest BCUT2D eigenvalue weighted by molar-refractivity contribution is -0.384. The minimum Gasteiger partial charge on any atom is -0.386 e. The number of benzene rings is 1. The number of carbonyl (C=O) groups excluding carboxylic acids is 1. The minimum absolute atomic E-state index is 0.0415. The smallest absolute Gasteiger partial charge is 0.269 e. The molecule has 1 amide bonds. The van der Waals surface area contributed by atoms with Crippen molar-refractivity contribution >= 4 is 11.6 Å². The lowest BCUT2D eigenvalue weighted by Crippen LogP contribution is -2.63. The van der Waals surface area contributed by atoms with Crippen molar-refractivity contribution < 1.29 is 14.8 Å². The number of non-ortho nitro benzene ring substituents is 1. The van der Waals surface area contributed by atoms with Crippen LogP contribution in [-0.4, -0.2) is 39.5 Å². The summed E-state index contributed by atoms with van der Waals surface area (Å²) in [6, 6.07) is 5.48. The van der Waals surface area contributed by atoms with Crippen molar-refractivity contribution in [2.24, 2.45) is 0 Å². The molecule has 0 spiro atoms. The standard InChI is InChI=1S/C12H14N2O4/c1-2-12(16)7-13(8-12)11(15)9-3-5-10(6-4-9)14(17)18/h3-6,16H,2,7-8H2,1H3. The van der Waals surface area contributed by atoms with E-state index in [0.717, 1.165) is 0 Å². The second kappa shape index (κ2) is 4.38. The van der Waals surface area contributed by atoms with Gasteiger partial charge in [-0.1, -0.05) is 6.92 Å². The number of likely N-dealkylation sites (tertiary alicyclic amines) is 1. The third-order valence-electron chi connectivity index (χ3n) is 3.24. The molecule has 2 rings (SSSR count). The molecule has 0 unspecified atom stereocenters. The number of nitrogens with zero attached hydrogens (tertiary/aromatic N) is 2. The number of carbonyl (C=O) groups is 1. The quantitative estimate of drug-likeness (QED) is 0.645. The van der Waals surface area contributed by atoms with Gasteiger partial charge < -0.3 is 10.0 Å². The lowest BCUT2D eigenvalue weighted by Gasteiger charge is -2.46. The van der Waals surface area contributed by atoms with Gasteiger partial charge in [-0.3, -0.25) is 14.9 Å². The van der Waals surface area contributed by atoms with Gasteiger partial charge in [-0.15, -0.1) is 0 Å². The fourth-order valence-corrected chi connectivity index (χ4v) is 1.94. The van der Waals surface area contributed by atoms with Crippen molar-refractivity contribution in [3.8, 4) is 0 Å². The van der Waals surface area contributed by atoms with Gasteiger partial charge in [0, 0.05) is 17.7 Å². The first-order valence-electron chi connectivity index (χ1n) is 5.71. The molecule has 1 N–H and O–H groups in total. The van der Waals surface area contributed by atoms with Crippen LogP contribution in [-0.2, 0) is 0 Å². The molecule has 1 aromatic rings. The maximum Gasteiger partial charge on any atom is 0.269 e. The number of amides is 1. The number of rotatable bonds is 3. The number of aliphatic hydroxyl groups is 1. The highest BCUT2D eigenvalue weighted by Gasteiger charge is 2.42. The van der Waals surface area contributed by atoms with Crippen LogP contribution in [0.2, 0.25) is 0 Å². The molecule has 1 fully saturated rings.